The van der Waals surface area contributed by atoms with Crippen LogP contribution in [-0.4, -0.2) is 23.2 Å². The Morgan fingerprint density at radius 3 is 2.82 bits per heavy atom. The number of rotatable bonds is 5. The Hall–Kier alpha value is -2.82. The van der Waals surface area contributed by atoms with Gasteiger partial charge in [-0.3, -0.25) is 14.8 Å². The van der Waals surface area contributed by atoms with Gasteiger partial charge in [0.05, 0.1) is 11.9 Å². The van der Waals surface area contributed by atoms with Crippen LogP contribution in [0.4, 0.5) is 5.69 Å². The lowest BCUT2D eigenvalue weighted by Gasteiger charge is -2.07. The zero-order valence-electron chi connectivity index (χ0n) is 17.0. The van der Waals surface area contributed by atoms with Crippen molar-refractivity contribution in [3.8, 4) is 0 Å². The van der Waals surface area contributed by atoms with Gasteiger partial charge in [0, 0.05) is 48.4 Å². The molecule has 0 saturated heterocycles. The van der Waals surface area contributed by atoms with E-state index in [-0.39, 0.29) is 0 Å². The number of oxazole rings is 1. The second kappa shape index (κ2) is 8.91. The molecule has 1 aromatic carbocycles. The minimum absolute atomic E-state index is 0.340. The average molecular weight is 377 g/mol. The van der Waals surface area contributed by atoms with E-state index in [4.69, 9.17) is 4.42 Å². The van der Waals surface area contributed by atoms with Gasteiger partial charge in [-0.1, -0.05) is 20.8 Å². The maximum atomic E-state index is 10.5. The number of aldehydes is 1. The van der Waals surface area contributed by atoms with E-state index in [2.05, 4.69) is 42.7 Å². The van der Waals surface area contributed by atoms with E-state index < -0.39 is 0 Å². The summed E-state index contributed by atoms with van der Waals surface area (Å²) in [6, 6.07) is 5.58. The summed E-state index contributed by atoms with van der Waals surface area (Å²) in [6.45, 7) is 8.36. The lowest BCUT2D eigenvalue weighted by molar-refractivity contribution is 0.112. The maximum Gasteiger partial charge on any atom is 0.197 e. The Bertz CT molecular complexity index is 937. The van der Waals surface area contributed by atoms with Gasteiger partial charge in [0.15, 0.2) is 5.89 Å². The van der Waals surface area contributed by atoms with Gasteiger partial charge in [-0.05, 0) is 42.7 Å². The van der Waals surface area contributed by atoms with E-state index >= 15 is 0 Å². The van der Waals surface area contributed by atoms with E-state index in [1.165, 1.54) is 11.3 Å². The summed E-state index contributed by atoms with van der Waals surface area (Å²) in [5.41, 5.74) is 5.45. The molecule has 2 unspecified atom stereocenters. The lowest BCUT2D eigenvalue weighted by Crippen LogP contribution is -1.97. The third kappa shape index (κ3) is 4.71. The van der Waals surface area contributed by atoms with Gasteiger partial charge in [-0.2, -0.15) is 0 Å². The summed E-state index contributed by atoms with van der Waals surface area (Å²) < 4.78 is 5.66. The van der Waals surface area contributed by atoms with E-state index in [1.807, 2.05) is 30.7 Å². The fraction of sp³-hybridized carbons (Fsp3) is 0.391. The lowest BCUT2D eigenvalue weighted by atomic mass is 9.99. The van der Waals surface area contributed by atoms with Crippen molar-refractivity contribution in [1.29, 1.82) is 0 Å². The Balaban J connectivity index is 0.000000167. The highest BCUT2D eigenvalue weighted by atomic mass is 16.4. The largest absolute Gasteiger partial charge is 0.445 e. The van der Waals surface area contributed by atoms with Gasteiger partial charge in [0.1, 0.15) is 12.0 Å². The number of aromatic nitrogens is 1. The van der Waals surface area contributed by atoms with Gasteiger partial charge in [0.25, 0.3) is 0 Å². The van der Waals surface area contributed by atoms with Crippen molar-refractivity contribution < 1.29 is 9.21 Å². The molecule has 2 aliphatic rings. The van der Waals surface area contributed by atoms with E-state index in [1.54, 1.807) is 6.07 Å². The van der Waals surface area contributed by atoms with Gasteiger partial charge >= 0.3 is 0 Å². The average Bonchev–Trinajstić information content (AvgIpc) is 3.43. The number of nitrogens with zero attached hydrogens (tertiary/aromatic N) is 3. The number of aryl methyl sites for hydroxylation is 1. The van der Waals surface area contributed by atoms with Crippen LogP contribution in [0.25, 0.3) is 0 Å². The van der Waals surface area contributed by atoms with Gasteiger partial charge < -0.3 is 4.42 Å². The van der Waals surface area contributed by atoms with Crippen molar-refractivity contribution >= 4 is 23.9 Å². The highest BCUT2D eigenvalue weighted by molar-refractivity contribution is 5.86. The molecule has 2 atom stereocenters. The quantitative estimate of drug-likeness (QED) is 0.619. The highest BCUT2D eigenvalue weighted by Crippen LogP contribution is 2.32. The molecule has 0 amide bonds. The van der Waals surface area contributed by atoms with Crippen molar-refractivity contribution in [3.63, 3.8) is 0 Å². The molecule has 4 rings (SSSR count). The zero-order valence-corrected chi connectivity index (χ0v) is 17.0. The summed E-state index contributed by atoms with van der Waals surface area (Å²) in [4.78, 5) is 23.3. The maximum absolute atomic E-state index is 10.5. The second-order valence-electron chi connectivity index (χ2n) is 7.45. The Labute approximate surface area is 166 Å². The molecule has 2 aliphatic heterocycles. The molecule has 0 fully saturated rings. The first-order valence-corrected chi connectivity index (χ1v) is 9.79. The van der Waals surface area contributed by atoms with E-state index in [0.29, 0.717) is 11.8 Å². The molecule has 3 heterocycles. The standard InChI is InChI=1S/C13H18N2O.C10H9NO/c1-4-12-8-15-13(16-12)9(2)5-11-6-10(3)14-7-11;1-7-5-11-10-3-2-8(6-12)4-9(7)10/h7-9H,4-6H2,1-3H3;2-7H,1H3. The molecular formula is C23H27N3O2. The minimum atomic E-state index is 0.340. The number of allylic oxidation sites excluding steroid dienone is 1. The SMILES string of the molecule is CC1C=Nc2ccc(C=O)cc21.CCc1cnc(C(C)CC2=CN=C(C)C2)o1. The molecule has 0 N–H and O–H groups in total. The number of fused-ring (bicyclic) bond motifs is 1. The fourth-order valence-electron chi connectivity index (χ4n) is 3.34. The monoisotopic (exact) mass is 377 g/mol. The van der Waals surface area contributed by atoms with Gasteiger partial charge in [0.2, 0.25) is 0 Å². The summed E-state index contributed by atoms with van der Waals surface area (Å²) in [5.74, 6) is 2.50. The summed E-state index contributed by atoms with van der Waals surface area (Å²) in [7, 11) is 0. The first-order chi connectivity index (χ1) is 13.5. The number of aliphatic imine (C=N–C) groups is 2. The van der Waals surface area contributed by atoms with Crippen molar-refractivity contribution in [1.82, 2.24) is 4.98 Å². The molecule has 5 heteroatoms. The fourth-order valence-corrected chi connectivity index (χ4v) is 3.34. The summed E-state index contributed by atoms with van der Waals surface area (Å²) in [6.07, 6.45) is 9.48. The molecule has 0 radical (unpaired) electrons. The van der Waals surface area contributed by atoms with Crippen molar-refractivity contribution in [2.75, 3.05) is 0 Å². The third-order valence-corrected chi connectivity index (χ3v) is 4.98. The first-order valence-electron chi connectivity index (χ1n) is 9.79. The normalized spacial score (nSPS) is 18.1. The van der Waals surface area contributed by atoms with Crippen LogP contribution in [0.5, 0.6) is 0 Å². The van der Waals surface area contributed by atoms with Crippen LogP contribution >= 0.6 is 0 Å². The van der Waals surface area contributed by atoms with Crippen LogP contribution in [0, 0.1) is 0 Å². The Kier molecular flexibility index (Phi) is 6.34. The third-order valence-electron chi connectivity index (χ3n) is 4.98. The molecule has 5 nitrogen and oxygen atoms in total. The molecule has 0 saturated carbocycles. The minimum Gasteiger partial charge on any atom is -0.445 e. The molecule has 2 aromatic rings. The number of hydrogen-bond donors (Lipinski definition) is 0. The van der Waals surface area contributed by atoms with Crippen LogP contribution in [-0.2, 0) is 6.42 Å². The van der Waals surface area contributed by atoms with Gasteiger partial charge in [-0.25, -0.2) is 4.98 Å². The molecule has 28 heavy (non-hydrogen) atoms. The smallest absolute Gasteiger partial charge is 0.197 e. The van der Waals surface area contributed by atoms with E-state index in [0.717, 1.165) is 54.0 Å². The van der Waals surface area contributed by atoms with E-state index in [9.17, 15) is 4.79 Å². The summed E-state index contributed by atoms with van der Waals surface area (Å²) >= 11 is 0. The highest BCUT2D eigenvalue weighted by Gasteiger charge is 2.16. The van der Waals surface area contributed by atoms with Crippen molar-refractivity contribution in [3.05, 3.63) is 58.9 Å². The molecule has 146 valence electrons. The van der Waals surface area contributed by atoms with Gasteiger partial charge in [-0.15, -0.1) is 0 Å². The molecule has 0 bridgehead atoms. The number of benzene rings is 1. The predicted octanol–water partition coefficient (Wildman–Crippen LogP) is 5.80. The number of carbonyl (C=O) groups excluding carboxylic acids is 1. The van der Waals surface area contributed by atoms with Crippen LogP contribution < -0.4 is 0 Å². The van der Waals surface area contributed by atoms with Crippen LogP contribution in [0.3, 0.4) is 0 Å². The predicted molar refractivity (Wildman–Crippen MR) is 113 cm³/mol. The molecule has 0 aliphatic carbocycles. The molecular weight excluding hydrogens is 350 g/mol. The topological polar surface area (TPSA) is 67.8 Å². The van der Waals surface area contributed by atoms with Crippen LogP contribution in [0.1, 0.15) is 79.9 Å². The Morgan fingerprint density at radius 1 is 1.36 bits per heavy atom. The zero-order chi connectivity index (χ0) is 20.1. The second-order valence-corrected chi connectivity index (χ2v) is 7.45. The summed E-state index contributed by atoms with van der Waals surface area (Å²) in [5, 5.41) is 0. The van der Waals surface area contributed by atoms with Crippen molar-refractivity contribution in [2.24, 2.45) is 9.98 Å². The Morgan fingerprint density at radius 2 is 2.18 bits per heavy atom. The number of hydrogen-bond acceptors (Lipinski definition) is 5. The first kappa shape index (κ1) is 19.9. The van der Waals surface area contributed by atoms with Crippen molar-refractivity contribution in [2.45, 2.75) is 58.8 Å². The molecule has 0 spiro atoms. The van der Waals surface area contributed by atoms with Crippen LogP contribution in [0.15, 0.2) is 50.6 Å². The van der Waals surface area contributed by atoms with Crippen LogP contribution in [0.2, 0.25) is 0 Å². The number of carbonyl (C=O) groups is 1. The molecule has 1 aromatic heterocycles.